The predicted molar refractivity (Wildman–Crippen MR) is 160 cm³/mol. The number of thiazole rings is 1. The first-order chi connectivity index (χ1) is 20.4. The van der Waals surface area contributed by atoms with E-state index in [2.05, 4.69) is 11.1 Å². The summed E-state index contributed by atoms with van der Waals surface area (Å²) in [5.41, 5.74) is 3.41. The average Bonchev–Trinajstić information content (AvgIpc) is 3.30. The van der Waals surface area contributed by atoms with E-state index in [0.717, 1.165) is 11.1 Å². The lowest BCUT2D eigenvalue weighted by Crippen LogP contribution is -2.40. The largest absolute Gasteiger partial charge is 0.494 e. The van der Waals surface area contributed by atoms with Gasteiger partial charge in [0.1, 0.15) is 24.1 Å². The van der Waals surface area contributed by atoms with Crippen molar-refractivity contribution in [3.05, 3.63) is 126 Å². The third-order valence-corrected chi connectivity index (χ3v) is 7.72. The topological polar surface area (TPSA) is 103 Å². The number of carbonyl (C=O) groups is 1. The van der Waals surface area contributed by atoms with Crippen molar-refractivity contribution in [1.82, 2.24) is 4.57 Å². The maximum Gasteiger partial charge on any atom is 0.338 e. The van der Waals surface area contributed by atoms with E-state index in [0.29, 0.717) is 49.8 Å². The Morgan fingerprint density at radius 2 is 1.76 bits per heavy atom. The lowest BCUT2D eigenvalue weighted by Gasteiger charge is -2.26. The minimum absolute atomic E-state index is 0.199. The fraction of sp³-hybridized carbons (Fsp3) is 0.212. The molecule has 0 fully saturated rings. The Morgan fingerprint density at radius 3 is 2.50 bits per heavy atom. The van der Waals surface area contributed by atoms with Crippen LogP contribution in [0.15, 0.2) is 93.9 Å². The highest BCUT2D eigenvalue weighted by Gasteiger charge is 2.35. The van der Waals surface area contributed by atoms with Crippen LogP contribution < -0.4 is 24.4 Å². The fourth-order valence-corrected chi connectivity index (χ4v) is 5.85. The van der Waals surface area contributed by atoms with E-state index in [1.165, 1.54) is 11.3 Å². The molecule has 8 nitrogen and oxygen atoms in total. The quantitative estimate of drug-likeness (QED) is 0.268. The number of nitriles is 1. The summed E-state index contributed by atoms with van der Waals surface area (Å²) in [6, 6.07) is 23.5. The van der Waals surface area contributed by atoms with Crippen LogP contribution in [-0.4, -0.2) is 23.8 Å². The van der Waals surface area contributed by atoms with Crippen LogP contribution in [0.4, 0.5) is 0 Å². The van der Waals surface area contributed by atoms with Gasteiger partial charge in [-0.25, -0.2) is 9.79 Å². The molecule has 1 aromatic heterocycles. The number of hydrogen-bond acceptors (Lipinski definition) is 8. The second kappa shape index (κ2) is 12.7. The number of nitrogens with zero attached hydrogens (tertiary/aromatic N) is 3. The smallest absolute Gasteiger partial charge is 0.338 e. The molecule has 4 aromatic rings. The molecule has 0 radical (unpaired) electrons. The Morgan fingerprint density at radius 1 is 1.02 bits per heavy atom. The normalized spacial score (nSPS) is 14.5. The maximum atomic E-state index is 13.9. The summed E-state index contributed by atoms with van der Waals surface area (Å²) >= 11 is 1.26. The molecule has 42 heavy (non-hydrogen) atoms. The minimum atomic E-state index is -0.753. The lowest BCUT2D eigenvalue weighted by molar-refractivity contribution is -0.139. The Kier molecular flexibility index (Phi) is 8.65. The van der Waals surface area contributed by atoms with Gasteiger partial charge in [-0.3, -0.25) is 9.36 Å². The van der Waals surface area contributed by atoms with Crippen molar-refractivity contribution in [2.75, 3.05) is 13.2 Å². The highest BCUT2D eigenvalue weighted by Crippen LogP contribution is 2.35. The maximum absolute atomic E-state index is 13.9. The highest BCUT2D eigenvalue weighted by atomic mass is 32.1. The van der Waals surface area contributed by atoms with E-state index >= 15 is 0 Å². The number of ether oxygens (including phenoxy) is 3. The first-order valence-corrected chi connectivity index (χ1v) is 14.4. The third kappa shape index (κ3) is 5.76. The van der Waals surface area contributed by atoms with Crippen molar-refractivity contribution in [3.8, 4) is 17.6 Å². The summed E-state index contributed by atoms with van der Waals surface area (Å²) in [6.07, 6.45) is 1.80. The molecule has 0 aliphatic carbocycles. The SMILES string of the molecule is CCOC(=O)C1=C(C)N=c2s/c(=C\c3ccc(OCc4ccccc4C#N)cc3)c(=O)n2[C@H]1c1ccccc1OCC. The Labute approximate surface area is 247 Å². The van der Waals surface area contributed by atoms with E-state index in [-0.39, 0.29) is 18.8 Å². The Hall–Kier alpha value is -4.94. The zero-order chi connectivity index (χ0) is 29.6. The predicted octanol–water partition coefficient (Wildman–Crippen LogP) is 4.65. The second-order valence-electron chi connectivity index (χ2n) is 9.40. The Bertz CT molecular complexity index is 1880. The molecule has 1 aliphatic heterocycles. The zero-order valence-corrected chi connectivity index (χ0v) is 24.3. The van der Waals surface area contributed by atoms with Gasteiger partial charge in [0.15, 0.2) is 4.80 Å². The van der Waals surface area contributed by atoms with Gasteiger partial charge in [-0.15, -0.1) is 0 Å². The molecular formula is C33H29N3O5S. The second-order valence-corrected chi connectivity index (χ2v) is 10.4. The molecule has 0 spiro atoms. The monoisotopic (exact) mass is 579 g/mol. The summed E-state index contributed by atoms with van der Waals surface area (Å²) in [4.78, 5) is 32.2. The van der Waals surface area contributed by atoms with Crippen LogP contribution in [-0.2, 0) is 16.1 Å². The van der Waals surface area contributed by atoms with Crippen LogP contribution in [0.2, 0.25) is 0 Å². The van der Waals surface area contributed by atoms with Crippen LogP contribution in [0.3, 0.4) is 0 Å². The van der Waals surface area contributed by atoms with Gasteiger partial charge in [-0.05, 0) is 56.7 Å². The molecule has 0 amide bonds. The average molecular weight is 580 g/mol. The summed E-state index contributed by atoms with van der Waals surface area (Å²) in [6.45, 7) is 6.29. The van der Waals surface area contributed by atoms with E-state index < -0.39 is 12.0 Å². The van der Waals surface area contributed by atoms with Crippen LogP contribution in [0.5, 0.6) is 11.5 Å². The molecule has 0 unspecified atom stereocenters. The number of esters is 1. The fourth-order valence-electron chi connectivity index (χ4n) is 4.81. The zero-order valence-electron chi connectivity index (χ0n) is 23.5. The van der Waals surface area contributed by atoms with Crippen LogP contribution in [0.25, 0.3) is 6.08 Å². The van der Waals surface area contributed by atoms with E-state index in [1.807, 2.05) is 73.7 Å². The molecule has 0 saturated heterocycles. The number of carbonyl (C=O) groups excluding carboxylic acids is 1. The number of rotatable bonds is 9. The summed E-state index contributed by atoms with van der Waals surface area (Å²) in [7, 11) is 0. The van der Waals surface area contributed by atoms with Gasteiger partial charge in [0.25, 0.3) is 5.56 Å². The standard InChI is InChI=1S/C33H29N3O5S/c1-4-39-27-13-9-8-12-26(27)30-29(32(38)40-5-2)21(3)35-33-36(30)31(37)28(42-33)18-22-14-16-25(17-15-22)41-20-24-11-7-6-10-23(24)19-34/h6-18,30H,4-5,20H2,1-3H3/b28-18-/t30-/m0/s1. The summed E-state index contributed by atoms with van der Waals surface area (Å²) in [5, 5.41) is 9.30. The minimum Gasteiger partial charge on any atom is -0.494 e. The lowest BCUT2D eigenvalue weighted by atomic mass is 9.95. The number of benzene rings is 3. The van der Waals surface area contributed by atoms with Gasteiger partial charge in [-0.1, -0.05) is 59.9 Å². The van der Waals surface area contributed by atoms with Crippen molar-refractivity contribution in [2.24, 2.45) is 4.99 Å². The van der Waals surface area contributed by atoms with Gasteiger partial charge >= 0.3 is 5.97 Å². The van der Waals surface area contributed by atoms with E-state index in [9.17, 15) is 14.9 Å². The molecule has 2 heterocycles. The van der Waals surface area contributed by atoms with Crippen molar-refractivity contribution in [2.45, 2.75) is 33.4 Å². The number of fused-ring (bicyclic) bond motifs is 1. The molecule has 9 heteroatoms. The number of aromatic nitrogens is 1. The van der Waals surface area contributed by atoms with Gasteiger partial charge in [-0.2, -0.15) is 5.26 Å². The van der Waals surface area contributed by atoms with E-state index in [1.54, 1.807) is 30.6 Å². The first kappa shape index (κ1) is 28.6. The number of allylic oxidation sites excluding steroid dienone is 1. The third-order valence-electron chi connectivity index (χ3n) is 6.74. The van der Waals surface area contributed by atoms with Gasteiger partial charge in [0.2, 0.25) is 0 Å². The molecule has 0 saturated carbocycles. The molecule has 3 aromatic carbocycles. The van der Waals surface area contributed by atoms with Gasteiger partial charge in [0, 0.05) is 11.1 Å². The number of para-hydroxylation sites is 1. The van der Waals surface area contributed by atoms with Crippen LogP contribution >= 0.6 is 11.3 Å². The Balaban J connectivity index is 1.52. The molecule has 212 valence electrons. The van der Waals surface area contributed by atoms with Crippen LogP contribution in [0, 0.1) is 11.3 Å². The van der Waals surface area contributed by atoms with Crippen molar-refractivity contribution >= 4 is 23.4 Å². The highest BCUT2D eigenvalue weighted by molar-refractivity contribution is 7.07. The van der Waals surface area contributed by atoms with Gasteiger partial charge in [0.05, 0.1) is 40.6 Å². The molecule has 1 atom stereocenters. The van der Waals surface area contributed by atoms with Crippen LogP contribution in [0.1, 0.15) is 49.1 Å². The van der Waals surface area contributed by atoms with E-state index in [4.69, 9.17) is 14.2 Å². The summed E-state index contributed by atoms with van der Waals surface area (Å²) in [5.74, 6) is 0.713. The molecule has 1 aliphatic rings. The summed E-state index contributed by atoms with van der Waals surface area (Å²) < 4.78 is 19.2. The molecular weight excluding hydrogens is 550 g/mol. The first-order valence-electron chi connectivity index (χ1n) is 13.6. The van der Waals surface area contributed by atoms with Crippen molar-refractivity contribution < 1.29 is 19.0 Å². The van der Waals surface area contributed by atoms with Crippen molar-refractivity contribution in [3.63, 3.8) is 0 Å². The molecule has 5 rings (SSSR count). The molecule has 0 bridgehead atoms. The number of hydrogen-bond donors (Lipinski definition) is 0. The van der Waals surface area contributed by atoms with Crippen molar-refractivity contribution in [1.29, 1.82) is 5.26 Å². The molecule has 0 N–H and O–H groups in total. The van der Waals surface area contributed by atoms with Gasteiger partial charge < -0.3 is 14.2 Å².